The zero-order chi connectivity index (χ0) is 14.3. The second-order valence-electron chi connectivity index (χ2n) is 4.05. The second kappa shape index (κ2) is 4.47. The van der Waals surface area contributed by atoms with E-state index in [4.69, 9.17) is 16.7 Å². The molecule has 8 heteroatoms. The SMILES string of the molecule is N#Cc1c(N)nc2c(nnn2-c2cccc(Br)c2)c1N. The number of hydrogen-bond acceptors (Lipinski definition) is 6. The lowest BCUT2D eigenvalue weighted by molar-refractivity contribution is 0.817. The minimum absolute atomic E-state index is 0.0658. The molecule has 0 spiro atoms. The van der Waals surface area contributed by atoms with Crippen LogP contribution in [0.25, 0.3) is 16.9 Å². The summed E-state index contributed by atoms with van der Waals surface area (Å²) in [4.78, 5) is 4.17. The molecule has 2 aromatic heterocycles. The Kier molecular flexibility index (Phi) is 2.76. The molecular formula is C12H8BrN7. The van der Waals surface area contributed by atoms with E-state index in [9.17, 15) is 0 Å². The van der Waals surface area contributed by atoms with E-state index >= 15 is 0 Å². The van der Waals surface area contributed by atoms with Crippen LogP contribution in [0.2, 0.25) is 0 Å². The summed E-state index contributed by atoms with van der Waals surface area (Å²) in [7, 11) is 0. The fraction of sp³-hybridized carbons (Fsp3) is 0. The summed E-state index contributed by atoms with van der Waals surface area (Å²) in [5, 5.41) is 17.0. The molecule has 0 saturated heterocycles. The van der Waals surface area contributed by atoms with Gasteiger partial charge in [0, 0.05) is 4.47 Å². The average molecular weight is 330 g/mol. The number of aromatic nitrogens is 4. The van der Waals surface area contributed by atoms with Crippen molar-refractivity contribution in [1.82, 2.24) is 20.0 Å². The molecule has 0 bridgehead atoms. The molecule has 4 N–H and O–H groups in total. The zero-order valence-corrected chi connectivity index (χ0v) is 11.7. The quantitative estimate of drug-likeness (QED) is 0.699. The maximum atomic E-state index is 9.01. The first-order valence-corrected chi connectivity index (χ1v) is 6.37. The maximum Gasteiger partial charge on any atom is 0.187 e. The Morgan fingerprint density at radius 3 is 2.80 bits per heavy atom. The largest absolute Gasteiger partial charge is 0.396 e. The Bertz CT molecular complexity index is 862. The van der Waals surface area contributed by atoms with E-state index in [0.717, 1.165) is 10.2 Å². The molecule has 3 rings (SSSR count). The summed E-state index contributed by atoms with van der Waals surface area (Å²) in [6, 6.07) is 9.39. The van der Waals surface area contributed by atoms with Gasteiger partial charge in [-0.3, -0.25) is 0 Å². The molecule has 0 aliphatic carbocycles. The van der Waals surface area contributed by atoms with Crippen LogP contribution in [0.1, 0.15) is 5.56 Å². The van der Waals surface area contributed by atoms with Crippen LogP contribution < -0.4 is 11.5 Å². The molecule has 0 aliphatic rings. The number of nitrogen functional groups attached to an aromatic ring is 2. The lowest BCUT2D eigenvalue weighted by atomic mass is 10.2. The lowest BCUT2D eigenvalue weighted by Gasteiger charge is -2.04. The molecule has 0 saturated carbocycles. The highest BCUT2D eigenvalue weighted by molar-refractivity contribution is 9.10. The first-order chi connectivity index (χ1) is 9.61. The number of rotatable bonds is 1. The first kappa shape index (κ1) is 12.4. The van der Waals surface area contributed by atoms with Crippen molar-refractivity contribution >= 4 is 38.6 Å². The Morgan fingerprint density at radius 1 is 1.30 bits per heavy atom. The van der Waals surface area contributed by atoms with Crippen LogP contribution in [-0.2, 0) is 0 Å². The van der Waals surface area contributed by atoms with Crippen LogP contribution in [0.15, 0.2) is 28.7 Å². The summed E-state index contributed by atoms with van der Waals surface area (Å²) >= 11 is 3.39. The smallest absolute Gasteiger partial charge is 0.187 e. The number of hydrogen-bond donors (Lipinski definition) is 2. The summed E-state index contributed by atoms with van der Waals surface area (Å²) < 4.78 is 2.42. The Labute approximate surface area is 121 Å². The molecule has 20 heavy (non-hydrogen) atoms. The van der Waals surface area contributed by atoms with Crippen molar-refractivity contribution < 1.29 is 0 Å². The third kappa shape index (κ3) is 1.76. The van der Waals surface area contributed by atoms with Crippen LogP contribution in [-0.4, -0.2) is 20.0 Å². The number of nitrogens with two attached hydrogens (primary N) is 2. The minimum Gasteiger partial charge on any atom is -0.396 e. The Balaban J connectivity index is 2.33. The van der Waals surface area contributed by atoms with Gasteiger partial charge in [0.1, 0.15) is 17.5 Å². The number of nitriles is 1. The molecule has 0 amide bonds. The van der Waals surface area contributed by atoms with Gasteiger partial charge < -0.3 is 11.5 Å². The monoisotopic (exact) mass is 329 g/mol. The van der Waals surface area contributed by atoms with Gasteiger partial charge in [0.2, 0.25) is 0 Å². The molecule has 0 unspecified atom stereocenters. The summed E-state index contributed by atoms with van der Waals surface area (Å²) in [5.41, 5.74) is 13.5. The molecule has 7 nitrogen and oxygen atoms in total. The van der Waals surface area contributed by atoms with Gasteiger partial charge in [-0.25, -0.2) is 4.98 Å². The van der Waals surface area contributed by atoms with Gasteiger partial charge in [0.25, 0.3) is 0 Å². The molecular weight excluding hydrogens is 322 g/mol. The van der Waals surface area contributed by atoms with Crippen LogP contribution >= 0.6 is 15.9 Å². The van der Waals surface area contributed by atoms with E-state index in [0.29, 0.717) is 11.2 Å². The van der Waals surface area contributed by atoms with Crippen molar-refractivity contribution in [1.29, 1.82) is 5.26 Å². The highest BCUT2D eigenvalue weighted by atomic mass is 79.9. The zero-order valence-electron chi connectivity index (χ0n) is 10.1. The number of fused-ring (bicyclic) bond motifs is 1. The van der Waals surface area contributed by atoms with E-state index in [2.05, 4.69) is 31.2 Å². The van der Waals surface area contributed by atoms with E-state index < -0.39 is 0 Å². The van der Waals surface area contributed by atoms with E-state index in [1.54, 1.807) is 0 Å². The molecule has 0 aliphatic heterocycles. The highest BCUT2D eigenvalue weighted by Crippen LogP contribution is 2.26. The topological polar surface area (TPSA) is 119 Å². The van der Waals surface area contributed by atoms with Gasteiger partial charge in [0.05, 0.1) is 11.4 Å². The van der Waals surface area contributed by atoms with Crippen molar-refractivity contribution in [3.63, 3.8) is 0 Å². The molecule has 0 radical (unpaired) electrons. The summed E-state index contributed by atoms with van der Waals surface area (Å²) in [5.74, 6) is 0.0658. The highest BCUT2D eigenvalue weighted by Gasteiger charge is 2.17. The van der Waals surface area contributed by atoms with Gasteiger partial charge >= 0.3 is 0 Å². The van der Waals surface area contributed by atoms with Crippen molar-refractivity contribution in [3.05, 3.63) is 34.3 Å². The maximum absolute atomic E-state index is 9.01. The number of pyridine rings is 1. The molecule has 3 aromatic rings. The van der Waals surface area contributed by atoms with Crippen molar-refractivity contribution in [2.75, 3.05) is 11.5 Å². The third-order valence-corrected chi connectivity index (χ3v) is 3.31. The minimum atomic E-state index is 0.0658. The normalized spacial score (nSPS) is 10.6. The van der Waals surface area contributed by atoms with E-state index in [-0.39, 0.29) is 17.1 Å². The second-order valence-corrected chi connectivity index (χ2v) is 4.97. The van der Waals surface area contributed by atoms with E-state index in [1.807, 2.05) is 30.3 Å². The van der Waals surface area contributed by atoms with Crippen molar-refractivity contribution in [2.45, 2.75) is 0 Å². The predicted molar refractivity (Wildman–Crippen MR) is 77.9 cm³/mol. The van der Waals surface area contributed by atoms with Crippen LogP contribution in [0.3, 0.4) is 0 Å². The fourth-order valence-corrected chi connectivity index (χ4v) is 2.26. The standard InChI is InChI=1S/C12H8BrN7/c13-6-2-1-3-7(4-6)20-12-10(18-19-20)9(15)8(5-14)11(16)17-12/h1-4H,(H4,15,16,17). The fourth-order valence-electron chi connectivity index (χ4n) is 1.88. The van der Waals surface area contributed by atoms with Crippen molar-refractivity contribution in [3.8, 4) is 11.8 Å². The number of halogens is 1. The molecule has 0 atom stereocenters. The predicted octanol–water partition coefficient (Wildman–Crippen LogP) is 1.61. The van der Waals surface area contributed by atoms with Gasteiger partial charge in [-0.2, -0.15) is 9.94 Å². The molecule has 98 valence electrons. The van der Waals surface area contributed by atoms with Gasteiger partial charge in [-0.05, 0) is 18.2 Å². The number of anilines is 2. The number of nitrogens with zero attached hydrogens (tertiary/aromatic N) is 5. The molecule has 1 aromatic carbocycles. The average Bonchev–Trinajstić information content (AvgIpc) is 2.83. The lowest BCUT2D eigenvalue weighted by Crippen LogP contribution is -2.03. The Hall–Kier alpha value is -2.66. The first-order valence-electron chi connectivity index (χ1n) is 5.58. The van der Waals surface area contributed by atoms with Crippen molar-refractivity contribution in [2.24, 2.45) is 0 Å². The van der Waals surface area contributed by atoms with E-state index in [1.165, 1.54) is 4.68 Å². The Morgan fingerprint density at radius 2 is 2.10 bits per heavy atom. The van der Waals surface area contributed by atoms with Gasteiger partial charge in [0.15, 0.2) is 11.2 Å². The number of benzene rings is 1. The third-order valence-electron chi connectivity index (χ3n) is 2.82. The van der Waals surface area contributed by atoms with Gasteiger partial charge in [-0.15, -0.1) is 5.10 Å². The van der Waals surface area contributed by atoms with Gasteiger partial charge in [-0.1, -0.05) is 27.2 Å². The molecule has 2 heterocycles. The van der Waals surface area contributed by atoms with Crippen LogP contribution in [0.4, 0.5) is 11.5 Å². The summed E-state index contributed by atoms with van der Waals surface area (Å²) in [6.07, 6.45) is 0. The molecule has 0 fully saturated rings. The van der Waals surface area contributed by atoms with Crippen LogP contribution in [0.5, 0.6) is 0 Å². The van der Waals surface area contributed by atoms with Crippen LogP contribution in [0, 0.1) is 11.3 Å². The summed E-state index contributed by atoms with van der Waals surface area (Å²) in [6.45, 7) is 0.